The second-order valence-corrected chi connectivity index (χ2v) is 7.59. The minimum absolute atomic E-state index is 0.0987. The van der Waals surface area contributed by atoms with Crippen molar-refractivity contribution < 1.29 is 29.2 Å². The molecule has 1 heterocycles. The summed E-state index contributed by atoms with van der Waals surface area (Å²) in [7, 11) is 0. The Morgan fingerprint density at radius 2 is 1.88 bits per heavy atom. The number of nitro benzene ring substituents is 1. The van der Waals surface area contributed by atoms with Gasteiger partial charge in [-0.1, -0.05) is 15.9 Å². The van der Waals surface area contributed by atoms with E-state index in [2.05, 4.69) is 26.3 Å². The van der Waals surface area contributed by atoms with Gasteiger partial charge in [-0.25, -0.2) is 5.43 Å². The molecular formula is C19H14BrN5O7. The zero-order chi connectivity index (χ0) is 23.6. The van der Waals surface area contributed by atoms with Crippen molar-refractivity contribution in [2.45, 2.75) is 12.0 Å². The number of nitrogens with zero attached hydrogens (tertiary/aromatic N) is 2. The Kier molecular flexibility index (Phi) is 6.13. The molecule has 13 heteroatoms. The topological polar surface area (TPSA) is 194 Å². The van der Waals surface area contributed by atoms with Crippen molar-refractivity contribution in [1.82, 2.24) is 5.43 Å². The molecule has 1 aliphatic heterocycles. The van der Waals surface area contributed by atoms with E-state index < -0.39 is 51.8 Å². The lowest BCUT2D eigenvalue weighted by Gasteiger charge is -2.21. The molecule has 1 aliphatic rings. The number of carbonyl (C=O) groups excluding carboxylic acids is 4. The van der Waals surface area contributed by atoms with Gasteiger partial charge in [-0.2, -0.15) is 5.10 Å². The standard InChI is InChI=1S/C19H14BrN5O7/c20-10-3-1-9(2-4-10)15(26)14(23-24-17(28)16(21)27)8-19(30)12-7-11(25(31)32)5-6-13(12)22-18(19)29/h1-7,30H,8H2,(H2,21,27)(H,22,29)(H,24,28)/b23-14-. The van der Waals surface area contributed by atoms with Crippen molar-refractivity contribution >= 4 is 56.5 Å². The molecule has 0 fully saturated rings. The minimum Gasteiger partial charge on any atom is -0.375 e. The molecule has 3 rings (SSSR count). The van der Waals surface area contributed by atoms with Gasteiger partial charge in [0.1, 0.15) is 5.71 Å². The second-order valence-electron chi connectivity index (χ2n) is 6.68. The van der Waals surface area contributed by atoms with Crippen molar-refractivity contribution in [3.63, 3.8) is 0 Å². The van der Waals surface area contributed by atoms with Gasteiger partial charge in [0.15, 0.2) is 5.60 Å². The summed E-state index contributed by atoms with van der Waals surface area (Å²) >= 11 is 3.22. The zero-order valence-corrected chi connectivity index (χ0v) is 17.6. The monoisotopic (exact) mass is 503 g/mol. The summed E-state index contributed by atoms with van der Waals surface area (Å²) < 4.78 is 0.671. The van der Waals surface area contributed by atoms with Crippen LogP contribution < -0.4 is 16.5 Å². The highest BCUT2D eigenvalue weighted by atomic mass is 79.9. The van der Waals surface area contributed by atoms with Crippen molar-refractivity contribution in [3.05, 3.63) is 68.2 Å². The average molecular weight is 504 g/mol. The number of Topliss-reactive ketones (excluding diaryl/α,β-unsaturated/α-hetero) is 1. The van der Waals surface area contributed by atoms with E-state index in [1.165, 1.54) is 18.2 Å². The molecule has 1 unspecified atom stereocenters. The first kappa shape index (κ1) is 22.7. The highest BCUT2D eigenvalue weighted by molar-refractivity contribution is 9.10. The number of carbonyl (C=O) groups is 4. The fourth-order valence-electron chi connectivity index (χ4n) is 2.97. The fraction of sp³-hybridized carbons (Fsp3) is 0.105. The smallest absolute Gasteiger partial charge is 0.329 e. The summed E-state index contributed by atoms with van der Waals surface area (Å²) in [5.41, 5.74) is 3.42. The first-order valence-electron chi connectivity index (χ1n) is 8.82. The van der Waals surface area contributed by atoms with E-state index in [0.717, 1.165) is 12.1 Å². The van der Waals surface area contributed by atoms with Crippen LogP contribution in [0.3, 0.4) is 0 Å². The highest BCUT2D eigenvalue weighted by Crippen LogP contribution is 2.40. The van der Waals surface area contributed by atoms with Crippen LogP contribution >= 0.6 is 15.9 Å². The van der Waals surface area contributed by atoms with Crippen LogP contribution in [-0.2, 0) is 20.0 Å². The third kappa shape index (κ3) is 4.38. The highest BCUT2D eigenvalue weighted by Gasteiger charge is 2.48. The molecular weight excluding hydrogens is 490 g/mol. The third-order valence-corrected chi connectivity index (χ3v) is 5.12. The number of halogens is 1. The quantitative estimate of drug-likeness (QED) is 0.146. The lowest BCUT2D eigenvalue weighted by atomic mass is 9.87. The van der Waals surface area contributed by atoms with E-state index >= 15 is 0 Å². The second kappa shape index (κ2) is 8.64. The van der Waals surface area contributed by atoms with Crippen molar-refractivity contribution in [1.29, 1.82) is 0 Å². The number of hydrazone groups is 1. The number of anilines is 1. The maximum absolute atomic E-state index is 13.0. The van der Waals surface area contributed by atoms with E-state index in [9.17, 15) is 34.4 Å². The van der Waals surface area contributed by atoms with Crippen molar-refractivity contribution in [2.75, 3.05) is 5.32 Å². The number of aliphatic hydroxyl groups is 1. The van der Waals surface area contributed by atoms with Crippen molar-refractivity contribution in [2.24, 2.45) is 10.8 Å². The maximum atomic E-state index is 13.0. The van der Waals surface area contributed by atoms with Crippen LogP contribution in [0, 0.1) is 10.1 Å². The zero-order valence-electron chi connectivity index (χ0n) is 16.0. The molecule has 0 aliphatic carbocycles. The third-order valence-electron chi connectivity index (χ3n) is 4.59. The molecule has 1 atom stereocenters. The Bertz CT molecular complexity index is 1200. The van der Waals surface area contributed by atoms with E-state index in [0.29, 0.717) is 4.47 Å². The summed E-state index contributed by atoms with van der Waals surface area (Å²) in [5.74, 6) is -4.43. The molecule has 12 nitrogen and oxygen atoms in total. The number of nitro groups is 1. The Morgan fingerprint density at radius 3 is 2.47 bits per heavy atom. The number of benzene rings is 2. The number of primary amides is 1. The van der Waals surface area contributed by atoms with Gasteiger partial charge in [0, 0.05) is 39.8 Å². The van der Waals surface area contributed by atoms with E-state index in [4.69, 9.17) is 5.73 Å². The van der Waals surface area contributed by atoms with E-state index in [1.807, 2.05) is 0 Å². The van der Waals surface area contributed by atoms with Crippen LogP contribution in [0.5, 0.6) is 0 Å². The molecule has 0 bridgehead atoms. The number of ketones is 1. The number of nitrogens with two attached hydrogens (primary N) is 1. The van der Waals surface area contributed by atoms with Gasteiger partial charge < -0.3 is 16.2 Å². The van der Waals surface area contributed by atoms with E-state index in [1.54, 1.807) is 17.6 Å². The summed E-state index contributed by atoms with van der Waals surface area (Å²) in [6, 6.07) is 9.35. The van der Waals surface area contributed by atoms with Gasteiger partial charge in [-0.05, 0) is 30.3 Å². The Hall–Kier alpha value is -3.97. The van der Waals surface area contributed by atoms with E-state index in [-0.39, 0.29) is 16.8 Å². The predicted octanol–water partition coefficient (Wildman–Crippen LogP) is 0.728. The first-order chi connectivity index (χ1) is 15.0. The number of amides is 3. The van der Waals surface area contributed by atoms with Gasteiger partial charge in [-0.15, -0.1) is 0 Å². The largest absolute Gasteiger partial charge is 0.375 e. The SMILES string of the molecule is NC(=O)C(=O)N/N=C(/CC1(O)C(=O)Nc2ccc([N+](=O)[O-])cc21)C(=O)c1ccc(Br)cc1. The molecule has 5 N–H and O–H groups in total. The van der Waals surface area contributed by atoms with Crippen LogP contribution in [0.2, 0.25) is 0 Å². The summed E-state index contributed by atoms with van der Waals surface area (Å²) in [6.45, 7) is 0. The number of fused-ring (bicyclic) bond motifs is 1. The normalized spacial score (nSPS) is 17.3. The van der Waals surface area contributed by atoms with Crippen LogP contribution in [0.4, 0.5) is 11.4 Å². The van der Waals surface area contributed by atoms with Gasteiger partial charge in [-0.3, -0.25) is 29.3 Å². The molecule has 0 radical (unpaired) electrons. The Morgan fingerprint density at radius 1 is 1.22 bits per heavy atom. The van der Waals surface area contributed by atoms with Crippen LogP contribution in [0.1, 0.15) is 22.3 Å². The fourth-order valence-corrected chi connectivity index (χ4v) is 3.24. The first-order valence-corrected chi connectivity index (χ1v) is 9.61. The Balaban J connectivity index is 2.04. The molecule has 32 heavy (non-hydrogen) atoms. The minimum atomic E-state index is -2.41. The molecule has 0 saturated heterocycles. The average Bonchev–Trinajstić information content (AvgIpc) is 3.00. The summed E-state index contributed by atoms with van der Waals surface area (Å²) in [6.07, 6.45) is -0.763. The summed E-state index contributed by atoms with van der Waals surface area (Å²) in [5, 5.41) is 28.2. The number of hydrogen-bond donors (Lipinski definition) is 4. The molecule has 164 valence electrons. The molecule has 2 aromatic rings. The number of non-ortho nitro benzene ring substituents is 1. The number of hydrogen-bond acceptors (Lipinski definition) is 8. The van der Waals surface area contributed by atoms with Gasteiger partial charge >= 0.3 is 11.8 Å². The van der Waals surface area contributed by atoms with Crippen LogP contribution in [0.25, 0.3) is 0 Å². The van der Waals surface area contributed by atoms with Gasteiger partial charge in [0.2, 0.25) is 5.78 Å². The Labute approximate surface area is 187 Å². The maximum Gasteiger partial charge on any atom is 0.329 e. The van der Waals surface area contributed by atoms with Gasteiger partial charge in [0.05, 0.1) is 4.92 Å². The number of rotatable bonds is 6. The summed E-state index contributed by atoms with van der Waals surface area (Å²) in [4.78, 5) is 58.5. The lowest BCUT2D eigenvalue weighted by Crippen LogP contribution is -2.40. The number of nitrogens with one attached hydrogen (secondary N) is 2. The molecule has 0 aromatic heterocycles. The van der Waals surface area contributed by atoms with Crippen molar-refractivity contribution in [3.8, 4) is 0 Å². The van der Waals surface area contributed by atoms with Crippen LogP contribution in [0.15, 0.2) is 52.0 Å². The lowest BCUT2D eigenvalue weighted by molar-refractivity contribution is -0.385. The van der Waals surface area contributed by atoms with Gasteiger partial charge in [0.25, 0.3) is 11.6 Å². The van der Waals surface area contributed by atoms with Crippen LogP contribution in [-0.4, -0.2) is 39.2 Å². The molecule has 2 aromatic carbocycles. The molecule has 3 amide bonds. The molecule has 0 saturated carbocycles. The predicted molar refractivity (Wildman–Crippen MR) is 113 cm³/mol. The molecule has 0 spiro atoms.